The number of nitrogens with one attached hydrogen (secondary N) is 1. The van der Waals surface area contributed by atoms with Crippen LogP contribution >= 0.6 is 23.2 Å². The molecule has 1 atom stereocenters. The van der Waals surface area contributed by atoms with Crippen LogP contribution in [0, 0.1) is 10.1 Å². The second-order valence-corrected chi connectivity index (χ2v) is 9.15. The third-order valence-electron chi connectivity index (χ3n) is 5.93. The van der Waals surface area contributed by atoms with Crippen LogP contribution in [0.1, 0.15) is 38.2 Å². The van der Waals surface area contributed by atoms with Gasteiger partial charge in [0.2, 0.25) is 11.7 Å². The van der Waals surface area contributed by atoms with Gasteiger partial charge >= 0.3 is 5.69 Å². The molecule has 0 saturated heterocycles. The Morgan fingerprint density at radius 3 is 2.54 bits per heavy atom. The van der Waals surface area contributed by atoms with Crippen molar-refractivity contribution in [3.63, 3.8) is 0 Å². The Labute approximate surface area is 213 Å². The molecule has 2 amide bonds. The van der Waals surface area contributed by atoms with Crippen LogP contribution in [0.4, 0.5) is 5.69 Å². The van der Waals surface area contributed by atoms with Crippen molar-refractivity contribution in [2.24, 2.45) is 0 Å². The summed E-state index contributed by atoms with van der Waals surface area (Å²) >= 11 is 12.3. The van der Waals surface area contributed by atoms with Gasteiger partial charge in [-0.2, -0.15) is 0 Å². The quantitative estimate of drug-likeness (QED) is 0.354. The third kappa shape index (κ3) is 6.99. The zero-order valence-electron chi connectivity index (χ0n) is 19.5. The van der Waals surface area contributed by atoms with Gasteiger partial charge in [0.1, 0.15) is 11.8 Å². The lowest BCUT2D eigenvalue weighted by molar-refractivity contribution is -0.385. The molecule has 2 aromatic rings. The Bertz CT molecular complexity index is 1090. The summed E-state index contributed by atoms with van der Waals surface area (Å²) in [6.45, 7) is 1.33. The topological polar surface area (TPSA) is 111 Å². The number of nitro groups is 1. The van der Waals surface area contributed by atoms with E-state index in [1.165, 1.54) is 30.2 Å². The molecule has 3 rings (SSSR count). The number of benzene rings is 2. The maximum Gasteiger partial charge on any atom is 0.311 e. The van der Waals surface area contributed by atoms with Gasteiger partial charge in [0.25, 0.3) is 5.91 Å². The van der Waals surface area contributed by atoms with E-state index in [0.717, 1.165) is 25.7 Å². The normalized spacial score (nSPS) is 14.3. The number of carbonyl (C=O) groups is 2. The number of ether oxygens (including phenoxy) is 2. The van der Waals surface area contributed by atoms with E-state index in [9.17, 15) is 19.7 Å². The van der Waals surface area contributed by atoms with Crippen LogP contribution in [0.3, 0.4) is 0 Å². The second-order valence-electron chi connectivity index (χ2n) is 8.30. The van der Waals surface area contributed by atoms with Crippen LogP contribution in [-0.4, -0.2) is 47.4 Å². The number of nitrogens with zero attached hydrogens (tertiary/aromatic N) is 2. The minimum Gasteiger partial charge on any atom is -0.490 e. The van der Waals surface area contributed by atoms with Gasteiger partial charge in [0.05, 0.1) is 12.0 Å². The van der Waals surface area contributed by atoms with Crippen LogP contribution < -0.4 is 14.8 Å². The standard InChI is InChI=1S/C24H27Cl2N3O6/c1-15(24(31)27-18-5-3-4-6-18)28(13-16-7-8-17(25)11-20(16)26)23(30)14-35-19-9-10-21(29(32)33)22(12-19)34-2/h7-12,15,18H,3-6,13-14H2,1-2H3,(H,27,31)/t15-/m1/s1. The number of nitro benzene ring substituents is 1. The molecule has 1 saturated carbocycles. The molecule has 1 fully saturated rings. The van der Waals surface area contributed by atoms with Crippen LogP contribution in [0.25, 0.3) is 0 Å². The molecule has 0 heterocycles. The first-order valence-electron chi connectivity index (χ1n) is 11.2. The van der Waals surface area contributed by atoms with Crippen molar-refractivity contribution in [2.45, 2.75) is 51.2 Å². The molecule has 1 N–H and O–H groups in total. The number of hydrogen-bond acceptors (Lipinski definition) is 6. The van der Waals surface area contributed by atoms with E-state index < -0.39 is 23.5 Å². The lowest BCUT2D eigenvalue weighted by atomic mass is 10.1. The van der Waals surface area contributed by atoms with Crippen LogP contribution in [0.15, 0.2) is 36.4 Å². The highest BCUT2D eigenvalue weighted by atomic mass is 35.5. The predicted molar refractivity (Wildman–Crippen MR) is 132 cm³/mol. The number of rotatable bonds is 10. The zero-order valence-corrected chi connectivity index (χ0v) is 21.0. The maximum atomic E-state index is 13.2. The number of methoxy groups -OCH3 is 1. The van der Waals surface area contributed by atoms with E-state index in [0.29, 0.717) is 15.6 Å². The van der Waals surface area contributed by atoms with Crippen molar-refractivity contribution in [1.82, 2.24) is 10.2 Å². The van der Waals surface area contributed by atoms with Crippen molar-refractivity contribution < 1.29 is 24.0 Å². The van der Waals surface area contributed by atoms with Gasteiger partial charge < -0.3 is 19.7 Å². The van der Waals surface area contributed by atoms with Gasteiger partial charge in [0, 0.05) is 34.8 Å². The molecule has 0 spiro atoms. The first-order chi connectivity index (χ1) is 16.7. The highest BCUT2D eigenvalue weighted by Crippen LogP contribution is 2.31. The average molecular weight is 524 g/mol. The van der Waals surface area contributed by atoms with Gasteiger partial charge in [-0.05, 0) is 43.5 Å². The zero-order chi connectivity index (χ0) is 25.5. The molecule has 0 radical (unpaired) electrons. The van der Waals surface area contributed by atoms with Crippen molar-refractivity contribution in [3.05, 3.63) is 62.1 Å². The molecule has 1 aliphatic rings. The smallest absolute Gasteiger partial charge is 0.311 e. The van der Waals surface area contributed by atoms with Crippen molar-refractivity contribution in [3.8, 4) is 11.5 Å². The Morgan fingerprint density at radius 2 is 1.91 bits per heavy atom. The fraction of sp³-hybridized carbons (Fsp3) is 0.417. The molecule has 35 heavy (non-hydrogen) atoms. The second kappa shape index (κ2) is 12.1. The minimum atomic E-state index is -0.787. The molecular weight excluding hydrogens is 497 g/mol. The van der Waals surface area contributed by atoms with Crippen LogP contribution in [0.5, 0.6) is 11.5 Å². The summed E-state index contributed by atoms with van der Waals surface area (Å²) in [5.74, 6) is -0.489. The molecule has 0 unspecified atom stereocenters. The third-order valence-corrected chi connectivity index (χ3v) is 6.52. The Morgan fingerprint density at radius 1 is 1.20 bits per heavy atom. The summed E-state index contributed by atoms with van der Waals surface area (Å²) < 4.78 is 10.6. The predicted octanol–water partition coefficient (Wildman–Crippen LogP) is 4.77. The summed E-state index contributed by atoms with van der Waals surface area (Å²) in [4.78, 5) is 38.1. The summed E-state index contributed by atoms with van der Waals surface area (Å²) in [5, 5.41) is 15.0. The van der Waals surface area contributed by atoms with Crippen molar-refractivity contribution >= 4 is 40.7 Å². The average Bonchev–Trinajstić information content (AvgIpc) is 3.34. The minimum absolute atomic E-state index is 0.00839. The van der Waals surface area contributed by atoms with Gasteiger partial charge in [-0.1, -0.05) is 42.1 Å². The highest BCUT2D eigenvalue weighted by molar-refractivity contribution is 6.35. The molecule has 2 aromatic carbocycles. The van der Waals surface area contributed by atoms with E-state index in [1.807, 2.05) is 0 Å². The number of halogens is 2. The molecule has 0 aromatic heterocycles. The SMILES string of the molecule is COc1cc(OCC(=O)N(Cc2ccc(Cl)cc2Cl)[C@H](C)C(=O)NC2CCCC2)ccc1[N+](=O)[O-]. The maximum absolute atomic E-state index is 13.2. The molecule has 11 heteroatoms. The molecule has 9 nitrogen and oxygen atoms in total. The van der Waals surface area contributed by atoms with E-state index in [4.69, 9.17) is 32.7 Å². The summed E-state index contributed by atoms with van der Waals surface area (Å²) in [7, 11) is 1.31. The lowest BCUT2D eigenvalue weighted by Crippen LogP contribution is -2.50. The highest BCUT2D eigenvalue weighted by Gasteiger charge is 2.29. The monoisotopic (exact) mass is 523 g/mol. The van der Waals surface area contributed by atoms with Gasteiger partial charge in [-0.25, -0.2) is 0 Å². The largest absolute Gasteiger partial charge is 0.490 e. The van der Waals surface area contributed by atoms with Gasteiger partial charge in [0.15, 0.2) is 6.61 Å². The summed E-state index contributed by atoms with van der Waals surface area (Å²) in [5.41, 5.74) is 0.407. The number of amides is 2. The summed E-state index contributed by atoms with van der Waals surface area (Å²) in [6, 6.07) is 8.20. The first kappa shape index (κ1) is 26.6. The van der Waals surface area contributed by atoms with E-state index >= 15 is 0 Å². The molecular formula is C24H27Cl2N3O6. The number of hydrogen-bond donors (Lipinski definition) is 1. The van der Waals surface area contributed by atoms with Gasteiger partial charge in [-0.3, -0.25) is 19.7 Å². The van der Waals surface area contributed by atoms with E-state index in [-0.39, 0.29) is 35.7 Å². The van der Waals surface area contributed by atoms with E-state index in [1.54, 1.807) is 25.1 Å². The first-order valence-corrected chi connectivity index (χ1v) is 11.9. The van der Waals surface area contributed by atoms with Gasteiger partial charge in [-0.15, -0.1) is 0 Å². The van der Waals surface area contributed by atoms with Crippen LogP contribution in [0.2, 0.25) is 10.0 Å². The van der Waals surface area contributed by atoms with E-state index in [2.05, 4.69) is 5.32 Å². The molecule has 1 aliphatic carbocycles. The Kier molecular flexibility index (Phi) is 9.17. The molecule has 0 aliphatic heterocycles. The number of carbonyl (C=O) groups excluding carboxylic acids is 2. The fourth-order valence-corrected chi connectivity index (χ4v) is 4.40. The molecule has 188 valence electrons. The molecule has 0 bridgehead atoms. The van der Waals surface area contributed by atoms with Crippen LogP contribution in [-0.2, 0) is 16.1 Å². The van der Waals surface area contributed by atoms with Crippen molar-refractivity contribution in [1.29, 1.82) is 0 Å². The summed E-state index contributed by atoms with van der Waals surface area (Å²) in [6.07, 6.45) is 3.96. The lowest BCUT2D eigenvalue weighted by Gasteiger charge is -2.30. The van der Waals surface area contributed by atoms with Crippen molar-refractivity contribution in [2.75, 3.05) is 13.7 Å². The Hall–Kier alpha value is -3.04. The fourth-order valence-electron chi connectivity index (χ4n) is 3.93. The Balaban J connectivity index is 1.77.